The number of nitrogens with zero attached hydrogens (tertiary/aromatic N) is 3. The first-order valence-electron chi connectivity index (χ1n) is 11.1. The third-order valence-corrected chi connectivity index (χ3v) is 6.42. The molecule has 2 aromatic rings. The average molecular weight is 435 g/mol. The summed E-state index contributed by atoms with van der Waals surface area (Å²) in [6.07, 6.45) is 1.41. The number of likely N-dealkylation sites (tertiary alicyclic amines) is 1. The summed E-state index contributed by atoms with van der Waals surface area (Å²) in [5.74, 6) is -0.684. The van der Waals surface area contributed by atoms with Crippen LogP contribution in [-0.2, 0) is 20.9 Å². The summed E-state index contributed by atoms with van der Waals surface area (Å²) in [7, 11) is 3.71. The normalized spacial score (nSPS) is 19.6. The summed E-state index contributed by atoms with van der Waals surface area (Å²) in [4.78, 5) is 44.1. The Labute approximate surface area is 189 Å². The smallest absolute Gasteiger partial charge is 0.243 e. The van der Waals surface area contributed by atoms with Gasteiger partial charge in [-0.15, -0.1) is 0 Å². The van der Waals surface area contributed by atoms with E-state index >= 15 is 0 Å². The second-order valence-corrected chi connectivity index (χ2v) is 8.63. The van der Waals surface area contributed by atoms with Crippen LogP contribution in [0.1, 0.15) is 29.9 Å². The number of benzene rings is 2. The maximum absolute atomic E-state index is 13.4. The summed E-state index contributed by atoms with van der Waals surface area (Å²) >= 11 is 0. The van der Waals surface area contributed by atoms with Crippen molar-refractivity contribution >= 4 is 23.4 Å². The molecule has 0 aromatic heterocycles. The maximum Gasteiger partial charge on any atom is 0.243 e. The molecule has 2 heterocycles. The van der Waals surface area contributed by atoms with Crippen molar-refractivity contribution in [2.75, 3.05) is 38.6 Å². The van der Waals surface area contributed by atoms with E-state index in [2.05, 4.69) is 10.2 Å². The van der Waals surface area contributed by atoms with Gasteiger partial charge in [0.25, 0.3) is 0 Å². The van der Waals surface area contributed by atoms with Gasteiger partial charge in [-0.3, -0.25) is 14.4 Å². The lowest BCUT2D eigenvalue weighted by Gasteiger charge is -2.27. The molecule has 2 aromatic carbocycles. The number of likely N-dealkylation sites (N-methyl/N-ethyl adjacent to an activating group) is 2. The number of anilines is 1. The molecule has 0 saturated carbocycles. The van der Waals surface area contributed by atoms with Crippen LogP contribution in [0.25, 0.3) is 0 Å². The van der Waals surface area contributed by atoms with Crippen LogP contribution in [0.4, 0.5) is 5.69 Å². The zero-order chi connectivity index (χ0) is 22.7. The van der Waals surface area contributed by atoms with Crippen molar-refractivity contribution in [3.8, 4) is 0 Å². The van der Waals surface area contributed by atoms with E-state index in [4.69, 9.17) is 0 Å². The number of hydrogen-bond acceptors (Lipinski definition) is 4. The Morgan fingerprint density at radius 3 is 2.56 bits per heavy atom. The molecule has 4 rings (SSSR count). The van der Waals surface area contributed by atoms with Gasteiger partial charge in [-0.25, -0.2) is 0 Å². The van der Waals surface area contributed by atoms with E-state index in [-0.39, 0.29) is 30.2 Å². The van der Waals surface area contributed by atoms with Gasteiger partial charge < -0.3 is 20.0 Å². The van der Waals surface area contributed by atoms with Crippen molar-refractivity contribution < 1.29 is 14.4 Å². The Kier molecular flexibility index (Phi) is 6.44. The van der Waals surface area contributed by atoms with Crippen molar-refractivity contribution in [2.45, 2.75) is 31.3 Å². The summed E-state index contributed by atoms with van der Waals surface area (Å²) < 4.78 is 0. The first kappa shape index (κ1) is 21.9. The number of para-hydroxylation sites is 1. The third kappa shape index (κ3) is 4.47. The predicted molar refractivity (Wildman–Crippen MR) is 123 cm³/mol. The molecule has 1 N–H and O–H groups in total. The third-order valence-electron chi connectivity index (χ3n) is 6.42. The molecule has 2 aliphatic rings. The minimum Gasteiger partial charge on any atom is -0.373 e. The van der Waals surface area contributed by atoms with E-state index in [1.165, 1.54) is 0 Å². The lowest BCUT2D eigenvalue weighted by molar-refractivity contribution is -0.140. The fraction of sp³-hybridized carbons (Fsp3) is 0.400. The Bertz CT molecular complexity index is 994. The monoisotopic (exact) mass is 434 g/mol. The molecule has 7 nitrogen and oxygen atoms in total. The number of rotatable bonds is 6. The van der Waals surface area contributed by atoms with Crippen LogP contribution < -0.4 is 10.2 Å². The van der Waals surface area contributed by atoms with Crippen LogP contribution in [0.2, 0.25) is 0 Å². The van der Waals surface area contributed by atoms with Gasteiger partial charge in [-0.2, -0.15) is 0 Å². The van der Waals surface area contributed by atoms with Gasteiger partial charge in [0, 0.05) is 39.4 Å². The van der Waals surface area contributed by atoms with Crippen LogP contribution in [0.3, 0.4) is 0 Å². The maximum atomic E-state index is 13.4. The van der Waals surface area contributed by atoms with E-state index in [0.717, 1.165) is 23.2 Å². The molecule has 168 valence electrons. The molecular formula is C25H30N4O3. The predicted octanol–water partition coefficient (Wildman–Crippen LogP) is 1.99. The number of hydrogen-bond donors (Lipinski definition) is 1. The van der Waals surface area contributed by atoms with E-state index < -0.39 is 6.04 Å². The van der Waals surface area contributed by atoms with Crippen molar-refractivity contribution in [3.05, 3.63) is 65.7 Å². The van der Waals surface area contributed by atoms with Gasteiger partial charge >= 0.3 is 0 Å². The highest BCUT2D eigenvalue weighted by molar-refractivity contribution is 5.94. The molecule has 7 heteroatoms. The topological polar surface area (TPSA) is 73.0 Å². The molecule has 1 fully saturated rings. The Morgan fingerprint density at radius 1 is 1.06 bits per heavy atom. The number of fused-ring (bicyclic) bond motifs is 1. The summed E-state index contributed by atoms with van der Waals surface area (Å²) in [6, 6.07) is 17.1. The Morgan fingerprint density at radius 2 is 1.78 bits per heavy atom. The van der Waals surface area contributed by atoms with Crippen LogP contribution in [-0.4, -0.2) is 67.3 Å². The SMILES string of the molecule is CN(Cc1ccccc1)C(=O)CNC(=O)C1CCCN1C(=O)C1CN(C)c2ccccc21. The van der Waals surface area contributed by atoms with Gasteiger partial charge in [0.15, 0.2) is 0 Å². The molecule has 2 aliphatic heterocycles. The Balaban J connectivity index is 1.35. The van der Waals surface area contributed by atoms with Crippen molar-refractivity contribution in [1.29, 1.82) is 0 Å². The zero-order valence-electron chi connectivity index (χ0n) is 18.7. The van der Waals surface area contributed by atoms with E-state index in [1.807, 2.05) is 61.6 Å². The largest absolute Gasteiger partial charge is 0.373 e. The van der Waals surface area contributed by atoms with Gasteiger partial charge in [0.2, 0.25) is 17.7 Å². The number of carbonyl (C=O) groups excluding carboxylic acids is 3. The minimum atomic E-state index is -0.521. The molecule has 3 amide bonds. The molecule has 0 aliphatic carbocycles. The first-order valence-corrected chi connectivity index (χ1v) is 11.1. The zero-order valence-corrected chi connectivity index (χ0v) is 18.7. The van der Waals surface area contributed by atoms with E-state index in [1.54, 1.807) is 16.8 Å². The Hall–Kier alpha value is -3.35. The van der Waals surface area contributed by atoms with Crippen molar-refractivity contribution in [1.82, 2.24) is 15.1 Å². The molecule has 0 spiro atoms. The second-order valence-electron chi connectivity index (χ2n) is 8.63. The van der Waals surface area contributed by atoms with Crippen molar-refractivity contribution in [3.63, 3.8) is 0 Å². The fourth-order valence-corrected chi connectivity index (χ4v) is 4.68. The van der Waals surface area contributed by atoms with Crippen LogP contribution in [0.5, 0.6) is 0 Å². The summed E-state index contributed by atoms with van der Waals surface area (Å²) in [6.45, 7) is 1.60. The first-order chi connectivity index (χ1) is 15.5. The van der Waals surface area contributed by atoms with E-state index in [0.29, 0.717) is 26.1 Å². The molecule has 2 atom stereocenters. The van der Waals surface area contributed by atoms with Gasteiger partial charge in [0.1, 0.15) is 6.04 Å². The fourth-order valence-electron chi connectivity index (χ4n) is 4.68. The molecule has 0 radical (unpaired) electrons. The average Bonchev–Trinajstić information content (AvgIpc) is 3.43. The highest BCUT2D eigenvalue weighted by Gasteiger charge is 2.40. The van der Waals surface area contributed by atoms with E-state index in [9.17, 15) is 14.4 Å². The lowest BCUT2D eigenvalue weighted by atomic mass is 9.99. The highest BCUT2D eigenvalue weighted by atomic mass is 16.2. The second kappa shape index (κ2) is 9.42. The number of amides is 3. The summed E-state index contributed by atoms with van der Waals surface area (Å²) in [5, 5.41) is 2.76. The summed E-state index contributed by atoms with van der Waals surface area (Å²) in [5.41, 5.74) is 3.12. The van der Waals surface area contributed by atoms with Crippen LogP contribution in [0.15, 0.2) is 54.6 Å². The lowest BCUT2D eigenvalue weighted by Crippen LogP contribution is -2.49. The van der Waals surface area contributed by atoms with Crippen LogP contribution in [0, 0.1) is 0 Å². The molecule has 1 saturated heterocycles. The minimum absolute atomic E-state index is 0.00743. The quantitative estimate of drug-likeness (QED) is 0.755. The molecular weight excluding hydrogens is 404 g/mol. The standard InChI is InChI=1S/C25H30N4O3/c1-27-17-20(19-11-6-7-12-21(19)27)25(32)29-14-8-13-22(29)24(31)26-15-23(30)28(2)16-18-9-4-3-5-10-18/h3-7,9-12,20,22H,8,13-17H2,1-2H3,(H,26,31). The molecule has 32 heavy (non-hydrogen) atoms. The van der Waals surface area contributed by atoms with Gasteiger partial charge in [-0.1, -0.05) is 48.5 Å². The molecule has 2 unspecified atom stereocenters. The molecule has 0 bridgehead atoms. The number of carbonyl (C=O) groups is 3. The van der Waals surface area contributed by atoms with Crippen LogP contribution >= 0.6 is 0 Å². The highest BCUT2D eigenvalue weighted by Crippen LogP contribution is 2.37. The van der Waals surface area contributed by atoms with Gasteiger partial charge in [-0.05, 0) is 30.0 Å². The number of nitrogens with one attached hydrogen (secondary N) is 1. The van der Waals surface area contributed by atoms with Gasteiger partial charge in [0.05, 0.1) is 12.5 Å². The van der Waals surface area contributed by atoms with Crippen molar-refractivity contribution in [2.24, 2.45) is 0 Å².